The molecule has 3 N–H and O–H groups in total. The van der Waals surface area contributed by atoms with E-state index in [2.05, 4.69) is 34.5 Å². The number of aromatic amines is 1. The Balaban J connectivity index is 1.79. The number of aromatic nitrogens is 2. The van der Waals surface area contributed by atoms with Gasteiger partial charge in [-0.1, -0.05) is 43.5 Å². The summed E-state index contributed by atoms with van der Waals surface area (Å²) in [6, 6.07) is 9.05. The van der Waals surface area contributed by atoms with Gasteiger partial charge >= 0.3 is 0 Å². The average molecular weight is 269 g/mol. The van der Waals surface area contributed by atoms with Gasteiger partial charge in [-0.05, 0) is 36.4 Å². The van der Waals surface area contributed by atoms with Crippen molar-refractivity contribution in [1.29, 1.82) is 0 Å². The minimum absolute atomic E-state index is 0.648. The molecule has 20 heavy (non-hydrogen) atoms. The zero-order valence-corrected chi connectivity index (χ0v) is 11.9. The Morgan fingerprint density at radius 1 is 1.10 bits per heavy atom. The number of rotatable bonds is 4. The van der Waals surface area contributed by atoms with Gasteiger partial charge in [-0.3, -0.25) is 5.10 Å². The van der Waals surface area contributed by atoms with Crippen LogP contribution in [0.5, 0.6) is 0 Å². The zero-order chi connectivity index (χ0) is 13.8. The maximum atomic E-state index is 5.64. The Kier molecular flexibility index (Phi) is 4.16. The second-order valence-electron chi connectivity index (χ2n) is 5.76. The van der Waals surface area contributed by atoms with E-state index in [1.54, 1.807) is 0 Å². The maximum absolute atomic E-state index is 5.64. The lowest BCUT2D eigenvalue weighted by molar-refractivity contribution is 0.443. The molecule has 0 saturated heterocycles. The molecule has 0 amide bonds. The van der Waals surface area contributed by atoms with Gasteiger partial charge in [0.25, 0.3) is 0 Å². The molecule has 1 aromatic heterocycles. The Morgan fingerprint density at radius 3 is 2.55 bits per heavy atom. The number of hydrogen-bond donors (Lipinski definition) is 2. The van der Waals surface area contributed by atoms with E-state index in [-0.39, 0.29) is 0 Å². The van der Waals surface area contributed by atoms with Crippen LogP contribution in [0.2, 0.25) is 0 Å². The van der Waals surface area contributed by atoms with Gasteiger partial charge in [0, 0.05) is 17.7 Å². The van der Waals surface area contributed by atoms with E-state index in [9.17, 15) is 0 Å². The first-order valence-corrected chi connectivity index (χ1v) is 7.71. The summed E-state index contributed by atoms with van der Waals surface area (Å²) in [5.41, 5.74) is 10.7. The molecule has 1 aromatic carbocycles. The fourth-order valence-corrected chi connectivity index (χ4v) is 3.27. The summed E-state index contributed by atoms with van der Waals surface area (Å²) in [6.07, 6.45) is 9.63. The van der Waals surface area contributed by atoms with E-state index in [0.29, 0.717) is 6.54 Å². The van der Waals surface area contributed by atoms with Crippen LogP contribution in [-0.2, 0) is 6.42 Å². The van der Waals surface area contributed by atoms with Crippen LogP contribution in [0.15, 0.2) is 30.5 Å². The van der Waals surface area contributed by atoms with Gasteiger partial charge in [-0.25, -0.2) is 0 Å². The van der Waals surface area contributed by atoms with Crippen molar-refractivity contribution in [2.75, 3.05) is 6.54 Å². The summed E-state index contributed by atoms with van der Waals surface area (Å²) in [5.74, 6) is 0.769. The van der Waals surface area contributed by atoms with Crippen molar-refractivity contribution in [2.45, 2.75) is 44.4 Å². The molecule has 0 aliphatic heterocycles. The summed E-state index contributed by atoms with van der Waals surface area (Å²) in [4.78, 5) is 0. The molecule has 3 heteroatoms. The SMILES string of the molecule is NCCc1[nH]ncc1-c1ccc(C2CCCCC2)cc1. The molecule has 3 nitrogen and oxygen atoms in total. The van der Waals surface area contributed by atoms with Crippen molar-refractivity contribution in [3.8, 4) is 11.1 Å². The molecule has 0 unspecified atom stereocenters. The Labute approximate surface area is 120 Å². The van der Waals surface area contributed by atoms with Gasteiger partial charge in [0.05, 0.1) is 6.20 Å². The molecule has 0 spiro atoms. The van der Waals surface area contributed by atoms with Gasteiger partial charge in [-0.2, -0.15) is 5.10 Å². The Bertz CT molecular complexity index is 536. The third kappa shape index (κ3) is 2.78. The molecule has 1 aliphatic rings. The number of benzene rings is 1. The van der Waals surface area contributed by atoms with Gasteiger partial charge in [0.1, 0.15) is 0 Å². The third-order valence-corrected chi connectivity index (χ3v) is 4.41. The van der Waals surface area contributed by atoms with E-state index in [0.717, 1.165) is 18.0 Å². The van der Waals surface area contributed by atoms with Crippen molar-refractivity contribution in [1.82, 2.24) is 10.2 Å². The molecule has 0 radical (unpaired) electrons. The second kappa shape index (κ2) is 6.23. The van der Waals surface area contributed by atoms with Crippen LogP contribution in [0.25, 0.3) is 11.1 Å². The third-order valence-electron chi connectivity index (χ3n) is 4.41. The van der Waals surface area contributed by atoms with Crippen LogP contribution in [0.1, 0.15) is 49.3 Å². The predicted octanol–water partition coefficient (Wildman–Crippen LogP) is 3.63. The van der Waals surface area contributed by atoms with E-state index < -0.39 is 0 Å². The summed E-state index contributed by atoms with van der Waals surface area (Å²) in [7, 11) is 0. The zero-order valence-electron chi connectivity index (χ0n) is 11.9. The average Bonchev–Trinajstić information content (AvgIpc) is 2.97. The monoisotopic (exact) mass is 269 g/mol. The largest absolute Gasteiger partial charge is 0.330 e. The summed E-state index contributed by atoms with van der Waals surface area (Å²) in [6.45, 7) is 0.648. The van der Waals surface area contributed by atoms with E-state index in [1.807, 2.05) is 6.20 Å². The molecule has 106 valence electrons. The first-order chi connectivity index (χ1) is 9.88. The van der Waals surface area contributed by atoms with Gasteiger partial charge in [0.15, 0.2) is 0 Å². The quantitative estimate of drug-likeness (QED) is 0.890. The van der Waals surface area contributed by atoms with Crippen LogP contribution in [0, 0.1) is 0 Å². The molecule has 1 saturated carbocycles. The van der Waals surface area contributed by atoms with Crippen LogP contribution in [0.3, 0.4) is 0 Å². The summed E-state index contributed by atoms with van der Waals surface area (Å²) < 4.78 is 0. The topological polar surface area (TPSA) is 54.7 Å². The highest BCUT2D eigenvalue weighted by Gasteiger charge is 2.15. The highest BCUT2D eigenvalue weighted by molar-refractivity contribution is 5.65. The molecule has 0 atom stereocenters. The van der Waals surface area contributed by atoms with E-state index >= 15 is 0 Å². The number of nitrogens with two attached hydrogens (primary N) is 1. The normalized spacial score (nSPS) is 16.4. The van der Waals surface area contributed by atoms with Crippen molar-refractivity contribution in [3.05, 3.63) is 41.7 Å². The van der Waals surface area contributed by atoms with Crippen LogP contribution >= 0.6 is 0 Å². The Morgan fingerprint density at radius 2 is 1.85 bits per heavy atom. The number of hydrogen-bond acceptors (Lipinski definition) is 2. The fourth-order valence-electron chi connectivity index (χ4n) is 3.27. The predicted molar refractivity (Wildman–Crippen MR) is 82.6 cm³/mol. The minimum Gasteiger partial charge on any atom is -0.330 e. The molecular formula is C17H23N3. The molecule has 0 bridgehead atoms. The Hall–Kier alpha value is -1.61. The molecule has 2 aromatic rings. The van der Waals surface area contributed by atoms with Crippen LogP contribution in [0.4, 0.5) is 0 Å². The molecule has 1 aliphatic carbocycles. The van der Waals surface area contributed by atoms with Crippen molar-refractivity contribution < 1.29 is 0 Å². The molecule has 1 fully saturated rings. The van der Waals surface area contributed by atoms with Gasteiger partial charge in [-0.15, -0.1) is 0 Å². The van der Waals surface area contributed by atoms with Crippen molar-refractivity contribution >= 4 is 0 Å². The standard InChI is InChI=1S/C17H23N3/c18-11-10-17-16(12-19-20-17)15-8-6-14(7-9-15)13-4-2-1-3-5-13/h6-9,12-13H,1-5,10-11,18H2,(H,19,20). The van der Waals surface area contributed by atoms with Crippen molar-refractivity contribution in [2.24, 2.45) is 5.73 Å². The van der Waals surface area contributed by atoms with E-state index in [1.165, 1.54) is 48.8 Å². The lowest BCUT2D eigenvalue weighted by Gasteiger charge is -2.22. The highest BCUT2D eigenvalue weighted by atomic mass is 15.1. The van der Waals surface area contributed by atoms with Gasteiger partial charge < -0.3 is 5.73 Å². The van der Waals surface area contributed by atoms with Gasteiger partial charge in [0.2, 0.25) is 0 Å². The maximum Gasteiger partial charge on any atom is 0.0568 e. The van der Waals surface area contributed by atoms with Crippen LogP contribution < -0.4 is 5.73 Å². The highest BCUT2D eigenvalue weighted by Crippen LogP contribution is 2.33. The number of nitrogens with zero attached hydrogens (tertiary/aromatic N) is 1. The van der Waals surface area contributed by atoms with Crippen molar-refractivity contribution in [3.63, 3.8) is 0 Å². The lowest BCUT2D eigenvalue weighted by Crippen LogP contribution is -2.05. The summed E-state index contributed by atoms with van der Waals surface area (Å²) in [5, 5.41) is 7.20. The fraction of sp³-hybridized carbons (Fsp3) is 0.471. The minimum atomic E-state index is 0.648. The smallest absolute Gasteiger partial charge is 0.0568 e. The molecular weight excluding hydrogens is 246 g/mol. The second-order valence-corrected chi connectivity index (χ2v) is 5.76. The first-order valence-electron chi connectivity index (χ1n) is 7.71. The van der Waals surface area contributed by atoms with E-state index in [4.69, 9.17) is 5.73 Å². The molecule has 3 rings (SSSR count). The number of nitrogens with one attached hydrogen (secondary N) is 1. The summed E-state index contributed by atoms with van der Waals surface area (Å²) >= 11 is 0. The lowest BCUT2D eigenvalue weighted by atomic mass is 9.84. The first kappa shape index (κ1) is 13.4. The van der Waals surface area contributed by atoms with Crippen LogP contribution in [-0.4, -0.2) is 16.7 Å². The number of H-pyrrole nitrogens is 1. The molecule has 1 heterocycles.